The predicted molar refractivity (Wildman–Crippen MR) is 38.1 cm³/mol. The van der Waals surface area contributed by atoms with Crippen LogP contribution in [0.4, 0.5) is 0 Å². The normalized spacial score (nSPS) is 33.9. The maximum Gasteiger partial charge on any atom is 0.101 e. The van der Waals surface area contributed by atoms with Gasteiger partial charge in [-0.3, -0.25) is 0 Å². The Hall–Kier alpha value is -0.460. The first-order chi connectivity index (χ1) is 4.24. The van der Waals surface area contributed by atoms with Crippen molar-refractivity contribution in [2.75, 3.05) is 0 Å². The highest BCUT2D eigenvalue weighted by Gasteiger charge is 2.19. The maximum absolute atomic E-state index is 5.48. The van der Waals surface area contributed by atoms with Crippen LogP contribution in [0.5, 0.6) is 0 Å². The molecule has 2 atom stereocenters. The molecule has 1 heterocycles. The molecule has 0 aliphatic carbocycles. The fourth-order valence-electron chi connectivity index (χ4n) is 1.02. The predicted octanol–water partition coefficient (Wildman–Crippen LogP) is 2.34. The smallest absolute Gasteiger partial charge is 0.101 e. The van der Waals surface area contributed by atoms with Crippen molar-refractivity contribution in [2.45, 2.75) is 33.3 Å². The van der Waals surface area contributed by atoms with Gasteiger partial charge < -0.3 is 4.74 Å². The Labute approximate surface area is 56.7 Å². The van der Waals surface area contributed by atoms with Crippen molar-refractivity contribution in [3.05, 3.63) is 11.8 Å². The van der Waals surface area contributed by atoms with E-state index in [-0.39, 0.29) is 0 Å². The van der Waals surface area contributed by atoms with Crippen molar-refractivity contribution in [2.24, 2.45) is 5.92 Å². The van der Waals surface area contributed by atoms with E-state index in [1.165, 1.54) is 0 Å². The summed E-state index contributed by atoms with van der Waals surface area (Å²) in [5.74, 6) is 1.77. The minimum Gasteiger partial charge on any atom is -0.495 e. The number of ether oxygens (including phenoxy) is 1. The second-order valence-corrected chi connectivity index (χ2v) is 2.67. The Balaban J connectivity index is 2.52. The molecule has 0 bridgehead atoms. The highest BCUT2D eigenvalue weighted by atomic mass is 16.5. The minimum absolute atomic E-state index is 0.403. The Morgan fingerprint density at radius 3 is 2.44 bits per heavy atom. The molecule has 1 rings (SSSR count). The fourth-order valence-corrected chi connectivity index (χ4v) is 1.02. The Bertz CT molecular complexity index is 127. The van der Waals surface area contributed by atoms with Crippen LogP contribution in [0.25, 0.3) is 0 Å². The maximum atomic E-state index is 5.48. The van der Waals surface area contributed by atoms with Crippen molar-refractivity contribution in [1.29, 1.82) is 0 Å². The van der Waals surface area contributed by atoms with Gasteiger partial charge in [-0.25, -0.2) is 0 Å². The first-order valence-corrected chi connectivity index (χ1v) is 3.61. The Kier molecular flexibility index (Phi) is 1.79. The SMILES string of the molecule is CCC1=CC(C)C(C)O1. The molecule has 9 heavy (non-hydrogen) atoms. The third-order valence-electron chi connectivity index (χ3n) is 1.87. The van der Waals surface area contributed by atoms with Gasteiger partial charge in [-0.15, -0.1) is 0 Å². The second kappa shape index (κ2) is 2.42. The van der Waals surface area contributed by atoms with Crippen LogP contribution >= 0.6 is 0 Å². The molecule has 0 radical (unpaired) electrons. The van der Waals surface area contributed by atoms with E-state index in [4.69, 9.17) is 4.74 Å². The summed E-state index contributed by atoms with van der Waals surface area (Å²) in [6.45, 7) is 6.42. The first kappa shape index (κ1) is 6.66. The number of allylic oxidation sites excluding steroid dienone is 1. The number of hydrogen-bond acceptors (Lipinski definition) is 1. The van der Waals surface area contributed by atoms with Gasteiger partial charge in [0, 0.05) is 12.3 Å². The molecular weight excluding hydrogens is 112 g/mol. The van der Waals surface area contributed by atoms with Crippen LogP contribution in [-0.2, 0) is 4.74 Å². The lowest BCUT2D eigenvalue weighted by Crippen LogP contribution is -2.07. The van der Waals surface area contributed by atoms with Crippen molar-refractivity contribution in [1.82, 2.24) is 0 Å². The average Bonchev–Trinajstić information content (AvgIpc) is 2.13. The second-order valence-electron chi connectivity index (χ2n) is 2.67. The van der Waals surface area contributed by atoms with Gasteiger partial charge >= 0.3 is 0 Å². The molecule has 0 amide bonds. The van der Waals surface area contributed by atoms with Gasteiger partial charge in [-0.05, 0) is 13.0 Å². The third-order valence-corrected chi connectivity index (χ3v) is 1.87. The third kappa shape index (κ3) is 1.26. The zero-order valence-electron chi connectivity index (χ0n) is 6.35. The summed E-state index contributed by atoms with van der Waals surface area (Å²) in [7, 11) is 0. The van der Waals surface area contributed by atoms with Crippen LogP contribution in [0, 0.1) is 5.92 Å². The van der Waals surface area contributed by atoms with Gasteiger partial charge in [0.2, 0.25) is 0 Å². The van der Waals surface area contributed by atoms with E-state index >= 15 is 0 Å². The zero-order chi connectivity index (χ0) is 6.85. The molecular formula is C8H14O. The summed E-state index contributed by atoms with van der Waals surface area (Å²) >= 11 is 0. The quantitative estimate of drug-likeness (QED) is 0.524. The molecule has 0 spiro atoms. The highest BCUT2D eigenvalue weighted by molar-refractivity contribution is 5.03. The van der Waals surface area contributed by atoms with Crippen LogP contribution in [0.1, 0.15) is 27.2 Å². The van der Waals surface area contributed by atoms with Gasteiger partial charge in [0.05, 0.1) is 5.76 Å². The van der Waals surface area contributed by atoms with Crippen LogP contribution in [-0.4, -0.2) is 6.10 Å². The van der Waals surface area contributed by atoms with Gasteiger partial charge in [-0.2, -0.15) is 0 Å². The van der Waals surface area contributed by atoms with E-state index in [1.54, 1.807) is 0 Å². The molecule has 52 valence electrons. The summed E-state index contributed by atoms with van der Waals surface area (Å²) in [5.41, 5.74) is 0. The van der Waals surface area contributed by atoms with Crippen LogP contribution in [0.15, 0.2) is 11.8 Å². The van der Waals surface area contributed by atoms with E-state index < -0.39 is 0 Å². The molecule has 0 aromatic carbocycles. The van der Waals surface area contributed by atoms with Gasteiger partial charge in [0.25, 0.3) is 0 Å². The topological polar surface area (TPSA) is 9.23 Å². The molecule has 1 aliphatic heterocycles. The molecule has 1 heteroatoms. The van der Waals surface area contributed by atoms with Crippen molar-refractivity contribution in [3.8, 4) is 0 Å². The molecule has 0 saturated carbocycles. The Morgan fingerprint density at radius 2 is 2.22 bits per heavy atom. The standard InChI is InChI=1S/C8H14O/c1-4-8-5-6(2)7(3)9-8/h5-7H,4H2,1-3H3. The molecule has 0 aromatic heterocycles. The van der Waals surface area contributed by atoms with E-state index in [1.807, 2.05) is 0 Å². The monoisotopic (exact) mass is 126 g/mol. The van der Waals surface area contributed by atoms with Gasteiger partial charge in [-0.1, -0.05) is 13.8 Å². The lowest BCUT2D eigenvalue weighted by Gasteiger charge is -2.08. The van der Waals surface area contributed by atoms with Gasteiger partial charge in [0.15, 0.2) is 0 Å². The average molecular weight is 126 g/mol. The van der Waals surface area contributed by atoms with E-state index in [0.717, 1.165) is 12.2 Å². The van der Waals surface area contributed by atoms with Crippen molar-refractivity contribution in [3.63, 3.8) is 0 Å². The summed E-state index contributed by atoms with van der Waals surface area (Å²) < 4.78 is 5.48. The van der Waals surface area contributed by atoms with Gasteiger partial charge in [0.1, 0.15) is 6.10 Å². The van der Waals surface area contributed by atoms with E-state index in [2.05, 4.69) is 26.8 Å². The zero-order valence-corrected chi connectivity index (χ0v) is 6.35. The summed E-state index contributed by atoms with van der Waals surface area (Å²) in [4.78, 5) is 0. The molecule has 2 unspecified atom stereocenters. The molecule has 0 saturated heterocycles. The van der Waals surface area contributed by atoms with E-state index in [9.17, 15) is 0 Å². The minimum atomic E-state index is 0.403. The lowest BCUT2D eigenvalue weighted by molar-refractivity contribution is 0.129. The highest BCUT2D eigenvalue weighted by Crippen LogP contribution is 2.23. The van der Waals surface area contributed by atoms with Crippen molar-refractivity contribution < 1.29 is 4.74 Å². The molecule has 1 aliphatic rings. The summed E-state index contributed by atoms with van der Waals surface area (Å²) in [5, 5.41) is 0. The molecule has 0 aromatic rings. The molecule has 0 fully saturated rings. The lowest BCUT2D eigenvalue weighted by atomic mass is 10.1. The summed E-state index contributed by atoms with van der Waals surface area (Å²) in [6.07, 6.45) is 3.65. The van der Waals surface area contributed by atoms with Crippen molar-refractivity contribution >= 4 is 0 Å². The number of hydrogen-bond donors (Lipinski definition) is 0. The first-order valence-electron chi connectivity index (χ1n) is 3.61. The number of rotatable bonds is 1. The van der Waals surface area contributed by atoms with Crippen LogP contribution in [0.3, 0.4) is 0 Å². The van der Waals surface area contributed by atoms with Crippen LogP contribution in [0.2, 0.25) is 0 Å². The fraction of sp³-hybridized carbons (Fsp3) is 0.750. The summed E-state index contributed by atoms with van der Waals surface area (Å²) in [6, 6.07) is 0. The molecule has 1 nitrogen and oxygen atoms in total. The van der Waals surface area contributed by atoms with E-state index in [0.29, 0.717) is 12.0 Å². The largest absolute Gasteiger partial charge is 0.495 e. The van der Waals surface area contributed by atoms with Crippen LogP contribution < -0.4 is 0 Å². The molecule has 0 N–H and O–H groups in total. The Morgan fingerprint density at radius 1 is 1.56 bits per heavy atom.